The van der Waals surface area contributed by atoms with Crippen molar-refractivity contribution in [1.82, 2.24) is 25.5 Å². The molecule has 8 heteroatoms. The van der Waals surface area contributed by atoms with E-state index in [1.54, 1.807) is 17.3 Å². The van der Waals surface area contributed by atoms with E-state index < -0.39 is 12.1 Å². The minimum absolute atomic E-state index is 0.0297. The number of aromatic nitrogens is 2. The molecule has 2 aromatic rings. The van der Waals surface area contributed by atoms with Crippen LogP contribution in [0.2, 0.25) is 0 Å². The molecule has 4 rings (SSSR count). The van der Waals surface area contributed by atoms with Crippen molar-refractivity contribution in [3.63, 3.8) is 0 Å². The summed E-state index contributed by atoms with van der Waals surface area (Å²) >= 11 is 0. The molecule has 1 amide bonds. The normalized spacial score (nSPS) is 19.8. The van der Waals surface area contributed by atoms with E-state index in [1.165, 1.54) is 0 Å². The summed E-state index contributed by atoms with van der Waals surface area (Å²) in [6.45, 7) is 9.45. The van der Waals surface area contributed by atoms with Gasteiger partial charge in [0.05, 0.1) is 11.3 Å². The van der Waals surface area contributed by atoms with Crippen LogP contribution in [0.25, 0.3) is 11.3 Å². The van der Waals surface area contributed by atoms with E-state index in [9.17, 15) is 9.59 Å². The second-order valence-corrected chi connectivity index (χ2v) is 9.71. The van der Waals surface area contributed by atoms with Crippen molar-refractivity contribution in [2.75, 3.05) is 32.7 Å². The number of nitrogens with one attached hydrogen (secondary N) is 2. The fourth-order valence-electron chi connectivity index (χ4n) is 4.60. The van der Waals surface area contributed by atoms with Crippen LogP contribution in [0.1, 0.15) is 39.2 Å². The molecule has 2 fully saturated rings. The van der Waals surface area contributed by atoms with Crippen LogP contribution < -0.4 is 15.4 Å². The molecule has 0 aliphatic carbocycles. The molecule has 0 spiro atoms. The zero-order chi connectivity index (χ0) is 23.4. The lowest BCUT2D eigenvalue weighted by atomic mass is 9.83. The maximum Gasteiger partial charge on any atom is 0.417 e. The first kappa shape index (κ1) is 23.3. The molecule has 0 radical (unpaired) electrons. The first-order valence-electron chi connectivity index (χ1n) is 11.7. The Hall–Kier alpha value is -2.84. The SMILES string of the molecule is CC(C)(C)c1ccnc(OC(=O)N2CCNCC2C(=O)C2CCNCC2)c1-c1ccccn1. The molecular weight excluding hydrogens is 418 g/mol. The maximum absolute atomic E-state index is 13.4. The number of Topliss-reactive ketones (excluding diaryl/α,β-unsaturated/α-hetero) is 1. The molecule has 0 bridgehead atoms. The van der Waals surface area contributed by atoms with Gasteiger partial charge in [-0.25, -0.2) is 9.78 Å². The fourth-order valence-corrected chi connectivity index (χ4v) is 4.60. The fraction of sp³-hybridized carbons (Fsp3) is 0.520. The molecular formula is C25H33N5O3. The topological polar surface area (TPSA) is 96.5 Å². The molecule has 176 valence electrons. The van der Waals surface area contributed by atoms with Crippen molar-refractivity contribution < 1.29 is 14.3 Å². The van der Waals surface area contributed by atoms with Gasteiger partial charge in [-0.2, -0.15) is 0 Å². The molecule has 0 aromatic carbocycles. The number of ether oxygens (including phenoxy) is 1. The van der Waals surface area contributed by atoms with Crippen molar-refractivity contribution in [1.29, 1.82) is 0 Å². The number of piperidine rings is 1. The molecule has 2 N–H and O–H groups in total. The third kappa shape index (κ3) is 5.23. The molecule has 1 unspecified atom stereocenters. The van der Waals surface area contributed by atoms with Gasteiger partial charge in [-0.05, 0) is 55.1 Å². The van der Waals surface area contributed by atoms with Crippen molar-refractivity contribution in [2.24, 2.45) is 5.92 Å². The highest BCUT2D eigenvalue weighted by atomic mass is 16.6. The third-order valence-electron chi connectivity index (χ3n) is 6.38. The highest BCUT2D eigenvalue weighted by Crippen LogP contribution is 2.37. The van der Waals surface area contributed by atoms with Crippen LogP contribution in [0.4, 0.5) is 4.79 Å². The second kappa shape index (κ2) is 9.97. The van der Waals surface area contributed by atoms with E-state index >= 15 is 0 Å². The van der Waals surface area contributed by atoms with Crippen LogP contribution in [0.3, 0.4) is 0 Å². The third-order valence-corrected chi connectivity index (χ3v) is 6.38. The number of nitrogens with zero attached hydrogens (tertiary/aromatic N) is 3. The predicted molar refractivity (Wildman–Crippen MR) is 126 cm³/mol. The number of carbonyl (C=O) groups is 2. The minimum Gasteiger partial charge on any atom is -0.390 e. The number of hydrogen-bond donors (Lipinski definition) is 2. The highest BCUT2D eigenvalue weighted by Gasteiger charge is 2.37. The summed E-state index contributed by atoms with van der Waals surface area (Å²) in [4.78, 5) is 37.1. The van der Waals surface area contributed by atoms with E-state index in [2.05, 4.69) is 41.4 Å². The Bertz CT molecular complexity index is 983. The lowest BCUT2D eigenvalue weighted by Crippen LogP contribution is -2.59. The number of hydrogen-bond acceptors (Lipinski definition) is 7. The summed E-state index contributed by atoms with van der Waals surface area (Å²) in [5, 5.41) is 6.55. The summed E-state index contributed by atoms with van der Waals surface area (Å²) in [5.41, 5.74) is 2.18. The van der Waals surface area contributed by atoms with Crippen LogP contribution in [-0.2, 0) is 10.2 Å². The Labute approximate surface area is 195 Å². The monoisotopic (exact) mass is 451 g/mol. The maximum atomic E-state index is 13.4. The summed E-state index contributed by atoms with van der Waals surface area (Å²) in [7, 11) is 0. The van der Waals surface area contributed by atoms with Crippen LogP contribution in [-0.4, -0.2) is 65.5 Å². The molecule has 2 saturated heterocycles. The average molecular weight is 452 g/mol. The van der Waals surface area contributed by atoms with Gasteiger partial charge < -0.3 is 15.4 Å². The summed E-state index contributed by atoms with van der Waals surface area (Å²) in [6, 6.07) is 7.05. The number of ketones is 1. The first-order valence-corrected chi connectivity index (χ1v) is 11.7. The number of rotatable bonds is 4. The number of amides is 1. The lowest BCUT2D eigenvalue weighted by molar-refractivity contribution is -0.128. The summed E-state index contributed by atoms with van der Waals surface area (Å²) < 4.78 is 5.89. The standard InChI is InChI=1S/C25H33N5O3/c1-25(2,3)18-9-13-29-23(21(18)19-6-4-5-10-28-19)33-24(32)30-15-14-27-16-20(30)22(31)17-7-11-26-12-8-17/h4-6,9-10,13,17,20,26-27H,7-8,11-12,14-16H2,1-3H3. The van der Waals surface area contributed by atoms with Crippen LogP contribution in [0.5, 0.6) is 5.88 Å². The predicted octanol–water partition coefficient (Wildman–Crippen LogP) is 2.78. The Balaban J connectivity index is 1.63. The smallest absolute Gasteiger partial charge is 0.390 e. The van der Waals surface area contributed by atoms with Crippen molar-refractivity contribution in [3.05, 3.63) is 42.2 Å². The molecule has 2 aliphatic rings. The van der Waals surface area contributed by atoms with E-state index in [0.717, 1.165) is 31.5 Å². The van der Waals surface area contributed by atoms with Gasteiger partial charge in [-0.15, -0.1) is 0 Å². The van der Waals surface area contributed by atoms with Gasteiger partial charge >= 0.3 is 6.09 Å². The molecule has 33 heavy (non-hydrogen) atoms. The quantitative estimate of drug-likeness (QED) is 0.738. The zero-order valence-corrected chi connectivity index (χ0v) is 19.6. The minimum atomic E-state index is -0.542. The van der Waals surface area contributed by atoms with Crippen LogP contribution >= 0.6 is 0 Å². The Morgan fingerprint density at radius 2 is 1.82 bits per heavy atom. The first-order chi connectivity index (χ1) is 15.9. The summed E-state index contributed by atoms with van der Waals surface area (Å²) in [5.74, 6) is 0.303. The van der Waals surface area contributed by atoms with E-state index in [1.807, 2.05) is 24.3 Å². The number of piperazine rings is 1. The van der Waals surface area contributed by atoms with Crippen molar-refractivity contribution in [3.8, 4) is 17.1 Å². The van der Waals surface area contributed by atoms with Gasteiger partial charge in [0.2, 0.25) is 5.88 Å². The second-order valence-electron chi connectivity index (χ2n) is 9.71. The molecule has 0 saturated carbocycles. The molecule has 2 aromatic heterocycles. The Kier molecular flexibility index (Phi) is 7.05. The molecule has 1 atom stereocenters. The van der Waals surface area contributed by atoms with Gasteiger partial charge in [0.1, 0.15) is 6.04 Å². The molecule has 8 nitrogen and oxygen atoms in total. The molecule has 2 aliphatic heterocycles. The largest absolute Gasteiger partial charge is 0.417 e. The van der Waals surface area contributed by atoms with Gasteiger partial charge in [0, 0.05) is 37.9 Å². The summed E-state index contributed by atoms with van der Waals surface area (Å²) in [6.07, 6.45) is 4.43. The van der Waals surface area contributed by atoms with Crippen molar-refractivity contribution in [2.45, 2.75) is 45.1 Å². The van der Waals surface area contributed by atoms with Gasteiger partial charge in [0.15, 0.2) is 5.78 Å². The van der Waals surface area contributed by atoms with Crippen LogP contribution in [0.15, 0.2) is 36.7 Å². The zero-order valence-electron chi connectivity index (χ0n) is 19.6. The number of carbonyl (C=O) groups excluding carboxylic acids is 2. The average Bonchev–Trinajstić information content (AvgIpc) is 2.84. The number of pyridine rings is 2. The highest BCUT2D eigenvalue weighted by molar-refractivity contribution is 5.90. The van der Waals surface area contributed by atoms with E-state index in [0.29, 0.717) is 30.9 Å². The van der Waals surface area contributed by atoms with E-state index in [-0.39, 0.29) is 23.0 Å². The Morgan fingerprint density at radius 3 is 2.52 bits per heavy atom. The van der Waals surface area contributed by atoms with Gasteiger partial charge in [-0.1, -0.05) is 26.8 Å². The molecule has 4 heterocycles. The lowest BCUT2D eigenvalue weighted by Gasteiger charge is -2.36. The van der Waals surface area contributed by atoms with Crippen LogP contribution in [0, 0.1) is 5.92 Å². The van der Waals surface area contributed by atoms with Crippen molar-refractivity contribution >= 4 is 11.9 Å². The van der Waals surface area contributed by atoms with E-state index in [4.69, 9.17) is 4.74 Å². The van der Waals surface area contributed by atoms with Gasteiger partial charge in [-0.3, -0.25) is 14.7 Å². The van der Waals surface area contributed by atoms with Gasteiger partial charge in [0.25, 0.3) is 0 Å². The Morgan fingerprint density at radius 1 is 1.03 bits per heavy atom.